The van der Waals surface area contributed by atoms with Crippen LogP contribution in [0.15, 0.2) is 12.1 Å². The molecule has 0 spiro atoms. The van der Waals surface area contributed by atoms with Crippen LogP contribution in [0.3, 0.4) is 0 Å². The minimum absolute atomic E-state index is 0.825. The van der Waals surface area contributed by atoms with Crippen LogP contribution in [0.5, 0.6) is 0 Å². The van der Waals surface area contributed by atoms with E-state index in [1.165, 1.54) is 14.8 Å². The van der Waals surface area contributed by atoms with Crippen molar-refractivity contribution >= 4 is 34.0 Å². The molecule has 0 aliphatic carbocycles. The highest BCUT2D eigenvalue weighted by molar-refractivity contribution is 14.1. The summed E-state index contributed by atoms with van der Waals surface area (Å²) in [5, 5.41) is 3.13. The summed E-state index contributed by atoms with van der Waals surface area (Å²) < 4.78 is 1.17. The van der Waals surface area contributed by atoms with Gasteiger partial charge >= 0.3 is 0 Å². The third kappa shape index (κ3) is 1.77. The highest BCUT2D eigenvalue weighted by atomic mass is 127. The molecule has 0 unspecified atom stereocenters. The van der Waals surface area contributed by atoms with E-state index in [0.29, 0.717) is 0 Å². The fourth-order valence-corrected chi connectivity index (χ4v) is 2.14. The Labute approximate surface area is 80.3 Å². The van der Waals surface area contributed by atoms with Gasteiger partial charge < -0.3 is 11.1 Å². The largest absolute Gasteiger partial charge is 0.399 e. The molecule has 1 rings (SSSR count). The summed E-state index contributed by atoms with van der Waals surface area (Å²) in [6, 6.07) is 3.92. The summed E-state index contributed by atoms with van der Waals surface area (Å²) in [6.07, 6.45) is 0. The van der Waals surface area contributed by atoms with Crippen molar-refractivity contribution in [2.75, 3.05) is 18.1 Å². The van der Waals surface area contributed by atoms with E-state index in [4.69, 9.17) is 5.73 Å². The van der Waals surface area contributed by atoms with Gasteiger partial charge in [0.05, 0.1) is 5.69 Å². The number of benzene rings is 1. The van der Waals surface area contributed by atoms with Gasteiger partial charge in [-0.1, -0.05) is 0 Å². The van der Waals surface area contributed by atoms with Crippen molar-refractivity contribution in [3.63, 3.8) is 0 Å². The zero-order valence-electron chi connectivity index (χ0n) is 6.61. The molecule has 0 radical (unpaired) electrons. The van der Waals surface area contributed by atoms with E-state index in [2.05, 4.69) is 27.9 Å². The quantitative estimate of drug-likeness (QED) is 0.601. The Kier molecular flexibility index (Phi) is 2.59. The molecule has 0 aliphatic heterocycles. The molecular weight excluding hydrogens is 251 g/mol. The maximum atomic E-state index is 5.65. The van der Waals surface area contributed by atoms with Gasteiger partial charge in [-0.3, -0.25) is 0 Å². The van der Waals surface area contributed by atoms with Crippen molar-refractivity contribution in [2.24, 2.45) is 0 Å². The molecule has 3 N–H and O–H groups in total. The fraction of sp³-hybridized carbons (Fsp3) is 0.250. The van der Waals surface area contributed by atoms with E-state index in [9.17, 15) is 0 Å². The predicted molar refractivity (Wildman–Crippen MR) is 57.9 cm³/mol. The SMILES string of the molecule is CNc1c(C)cc(N)cc1I. The second-order valence-corrected chi connectivity index (χ2v) is 3.61. The lowest BCUT2D eigenvalue weighted by atomic mass is 10.2. The van der Waals surface area contributed by atoms with Crippen LogP contribution in [0.2, 0.25) is 0 Å². The normalized spacial score (nSPS) is 9.73. The van der Waals surface area contributed by atoms with E-state index < -0.39 is 0 Å². The van der Waals surface area contributed by atoms with Crippen LogP contribution >= 0.6 is 22.6 Å². The maximum absolute atomic E-state index is 5.65. The molecule has 2 nitrogen and oxygen atoms in total. The molecule has 0 aromatic heterocycles. The number of rotatable bonds is 1. The molecule has 60 valence electrons. The molecule has 0 atom stereocenters. The Morgan fingerprint density at radius 2 is 2.09 bits per heavy atom. The van der Waals surface area contributed by atoms with Crippen LogP contribution in [-0.2, 0) is 0 Å². The second kappa shape index (κ2) is 3.30. The molecule has 0 heterocycles. The molecule has 0 saturated carbocycles. The molecule has 3 heteroatoms. The van der Waals surface area contributed by atoms with Gasteiger partial charge in [-0.2, -0.15) is 0 Å². The molecule has 0 saturated heterocycles. The van der Waals surface area contributed by atoms with Crippen molar-refractivity contribution < 1.29 is 0 Å². The molecule has 1 aromatic carbocycles. The number of halogens is 1. The third-order valence-corrected chi connectivity index (χ3v) is 2.41. The number of nitrogens with one attached hydrogen (secondary N) is 1. The van der Waals surface area contributed by atoms with E-state index >= 15 is 0 Å². The van der Waals surface area contributed by atoms with Gasteiger partial charge in [0.25, 0.3) is 0 Å². The molecule has 11 heavy (non-hydrogen) atoms. The molecule has 0 bridgehead atoms. The lowest BCUT2D eigenvalue weighted by Crippen LogP contribution is -1.96. The Balaban J connectivity index is 3.25. The molecule has 0 aliphatic rings. The van der Waals surface area contributed by atoms with Crippen molar-refractivity contribution in [1.82, 2.24) is 0 Å². The number of nitrogens with two attached hydrogens (primary N) is 1. The lowest BCUT2D eigenvalue weighted by molar-refractivity contribution is 1.39. The summed E-state index contributed by atoms with van der Waals surface area (Å²) >= 11 is 2.27. The van der Waals surface area contributed by atoms with Crippen molar-refractivity contribution in [2.45, 2.75) is 6.92 Å². The Bertz CT molecular complexity index is 248. The first-order chi connectivity index (χ1) is 5.15. The Morgan fingerprint density at radius 1 is 1.45 bits per heavy atom. The first kappa shape index (κ1) is 8.64. The van der Waals surface area contributed by atoms with Crippen LogP contribution in [0, 0.1) is 10.5 Å². The highest BCUT2D eigenvalue weighted by Gasteiger charge is 2.01. The predicted octanol–water partition coefficient (Wildman–Crippen LogP) is 2.22. The number of anilines is 2. The number of aryl methyl sites for hydroxylation is 1. The lowest BCUT2D eigenvalue weighted by Gasteiger charge is -2.08. The third-order valence-electron chi connectivity index (χ3n) is 1.56. The van der Waals surface area contributed by atoms with E-state index in [1.807, 2.05) is 26.1 Å². The highest BCUT2D eigenvalue weighted by Crippen LogP contribution is 2.24. The first-order valence-corrected chi connectivity index (χ1v) is 4.46. The fourth-order valence-electron chi connectivity index (χ4n) is 1.09. The van der Waals surface area contributed by atoms with Gasteiger partial charge in [0.1, 0.15) is 0 Å². The monoisotopic (exact) mass is 262 g/mol. The van der Waals surface area contributed by atoms with Gasteiger partial charge in [0.2, 0.25) is 0 Å². The smallest absolute Gasteiger partial charge is 0.0504 e. The number of nitrogen functional groups attached to an aromatic ring is 1. The van der Waals surface area contributed by atoms with Gasteiger partial charge in [-0.15, -0.1) is 0 Å². The van der Waals surface area contributed by atoms with Crippen molar-refractivity contribution in [1.29, 1.82) is 0 Å². The van der Waals surface area contributed by atoms with Crippen molar-refractivity contribution in [3.8, 4) is 0 Å². The van der Waals surface area contributed by atoms with Crippen LogP contribution in [-0.4, -0.2) is 7.05 Å². The summed E-state index contributed by atoms with van der Waals surface area (Å²) in [5.41, 5.74) is 8.83. The maximum Gasteiger partial charge on any atom is 0.0504 e. The van der Waals surface area contributed by atoms with E-state index in [-0.39, 0.29) is 0 Å². The minimum atomic E-state index is 0.825. The summed E-state index contributed by atoms with van der Waals surface area (Å²) in [5.74, 6) is 0. The summed E-state index contributed by atoms with van der Waals surface area (Å²) in [6.45, 7) is 2.05. The molecule has 0 fully saturated rings. The van der Waals surface area contributed by atoms with Gasteiger partial charge in [-0.05, 0) is 47.2 Å². The van der Waals surface area contributed by atoms with E-state index in [0.717, 1.165) is 5.69 Å². The summed E-state index contributed by atoms with van der Waals surface area (Å²) in [4.78, 5) is 0. The first-order valence-electron chi connectivity index (χ1n) is 3.38. The Morgan fingerprint density at radius 3 is 2.55 bits per heavy atom. The zero-order chi connectivity index (χ0) is 8.43. The Hall–Kier alpha value is -0.450. The van der Waals surface area contributed by atoms with E-state index in [1.54, 1.807) is 0 Å². The average Bonchev–Trinajstić information content (AvgIpc) is 1.85. The van der Waals surface area contributed by atoms with Crippen LogP contribution in [0.25, 0.3) is 0 Å². The standard InChI is InChI=1S/C8H11IN2/c1-5-3-6(10)4-7(9)8(5)11-2/h3-4,11H,10H2,1-2H3. The summed E-state index contributed by atoms with van der Waals surface area (Å²) in [7, 11) is 1.92. The second-order valence-electron chi connectivity index (χ2n) is 2.44. The minimum Gasteiger partial charge on any atom is -0.399 e. The number of hydrogen-bond donors (Lipinski definition) is 2. The van der Waals surface area contributed by atoms with Crippen molar-refractivity contribution in [3.05, 3.63) is 21.3 Å². The van der Waals surface area contributed by atoms with Crippen LogP contribution < -0.4 is 11.1 Å². The topological polar surface area (TPSA) is 38.0 Å². The van der Waals surface area contributed by atoms with Gasteiger partial charge in [0.15, 0.2) is 0 Å². The van der Waals surface area contributed by atoms with Crippen LogP contribution in [0.4, 0.5) is 11.4 Å². The van der Waals surface area contributed by atoms with Crippen LogP contribution in [0.1, 0.15) is 5.56 Å². The zero-order valence-corrected chi connectivity index (χ0v) is 8.77. The molecular formula is C8H11IN2. The molecule has 1 aromatic rings. The average molecular weight is 262 g/mol. The van der Waals surface area contributed by atoms with Gasteiger partial charge in [0, 0.05) is 16.3 Å². The van der Waals surface area contributed by atoms with Gasteiger partial charge in [-0.25, -0.2) is 0 Å². The number of hydrogen-bond acceptors (Lipinski definition) is 2. The molecule has 0 amide bonds.